The lowest BCUT2D eigenvalue weighted by Crippen LogP contribution is -2.03. The number of carbonyl (C=O) groups excluding carboxylic acids is 1. The van der Waals surface area contributed by atoms with Gasteiger partial charge < -0.3 is 5.73 Å². The molecule has 0 amide bonds. The molecule has 2 N–H and O–H groups in total. The fourth-order valence-corrected chi connectivity index (χ4v) is 1.83. The van der Waals surface area contributed by atoms with Crippen LogP contribution in [0.5, 0.6) is 0 Å². The Labute approximate surface area is 113 Å². The van der Waals surface area contributed by atoms with E-state index in [4.69, 9.17) is 5.73 Å². The first-order valence-electron chi connectivity index (χ1n) is 6.36. The van der Waals surface area contributed by atoms with Crippen LogP contribution in [0.3, 0.4) is 0 Å². The van der Waals surface area contributed by atoms with Crippen LogP contribution in [-0.2, 0) is 6.42 Å². The smallest absolute Gasteiger partial charge is 0.185 e. The molecular weight excluding hydrogens is 234 g/mol. The van der Waals surface area contributed by atoms with E-state index in [0.29, 0.717) is 12.1 Å². The third kappa shape index (κ3) is 3.90. The Morgan fingerprint density at radius 2 is 1.68 bits per heavy atom. The van der Waals surface area contributed by atoms with Crippen molar-refractivity contribution in [2.75, 3.05) is 6.54 Å². The summed E-state index contributed by atoms with van der Waals surface area (Å²) in [4.78, 5) is 12.0. The van der Waals surface area contributed by atoms with E-state index >= 15 is 0 Å². The zero-order valence-corrected chi connectivity index (χ0v) is 10.8. The van der Waals surface area contributed by atoms with Crippen molar-refractivity contribution in [2.24, 2.45) is 5.73 Å². The molecule has 0 saturated carbocycles. The second-order valence-electron chi connectivity index (χ2n) is 4.34. The minimum absolute atomic E-state index is 0.0168. The van der Waals surface area contributed by atoms with Gasteiger partial charge in [-0.15, -0.1) is 0 Å². The van der Waals surface area contributed by atoms with Gasteiger partial charge in [0.25, 0.3) is 0 Å². The second kappa shape index (κ2) is 6.66. The van der Waals surface area contributed by atoms with Crippen LogP contribution in [0, 0.1) is 0 Å². The molecule has 0 atom stereocenters. The Balaban J connectivity index is 2.05. The van der Waals surface area contributed by atoms with Crippen LogP contribution in [0.15, 0.2) is 60.7 Å². The highest BCUT2D eigenvalue weighted by Crippen LogP contribution is 2.08. The SMILES string of the molecule is NCCc1ccc(C(=O)C=Cc2ccccc2)cc1. The third-order valence-electron chi connectivity index (χ3n) is 2.90. The molecule has 2 rings (SSSR count). The highest BCUT2D eigenvalue weighted by atomic mass is 16.1. The summed E-state index contributed by atoms with van der Waals surface area (Å²) in [5, 5.41) is 0. The van der Waals surface area contributed by atoms with E-state index in [9.17, 15) is 4.79 Å². The standard InChI is InChI=1S/C17H17NO/c18-13-12-15-6-9-16(10-7-15)17(19)11-8-14-4-2-1-3-5-14/h1-11H,12-13,18H2. The quantitative estimate of drug-likeness (QED) is 0.655. The minimum atomic E-state index is 0.0168. The molecule has 0 unspecified atom stereocenters. The van der Waals surface area contributed by atoms with Gasteiger partial charge in [0.15, 0.2) is 5.78 Å². The molecular formula is C17H17NO. The molecule has 0 aliphatic carbocycles. The maximum atomic E-state index is 12.0. The van der Waals surface area contributed by atoms with Crippen molar-refractivity contribution in [3.8, 4) is 0 Å². The van der Waals surface area contributed by atoms with Gasteiger partial charge >= 0.3 is 0 Å². The van der Waals surface area contributed by atoms with Crippen LogP contribution in [0.1, 0.15) is 21.5 Å². The number of benzene rings is 2. The molecule has 19 heavy (non-hydrogen) atoms. The molecule has 0 heterocycles. The highest BCUT2D eigenvalue weighted by molar-refractivity contribution is 6.06. The van der Waals surface area contributed by atoms with Crippen LogP contribution in [0.25, 0.3) is 6.08 Å². The first-order valence-corrected chi connectivity index (χ1v) is 6.36. The zero-order chi connectivity index (χ0) is 13.5. The van der Waals surface area contributed by atoms with Gasteiger partial charge in [0.05, 0.1) is 0 Å². The van der Waals surface area contributed by atoms with E-state index < -0.39 is 0 Å². The molecule has 0 aromatic heterocycles. The number of rotatable bonds is 5. The predicted molar refractivity (Wildman–Crippen MR) is 79.0 cm³/mol. The van der Waals surface area contributed by atoms with Crippen molar-refractivity contribution < 1.29 is 4.79 Å². The van der Waals surface area contributed by atoms with Gasteiger partial charge in [0, 0.05) is 5.56 Å². The normalized spacial score (nSPS) is 10.8. The van der Waals surface area contributed by atoms with E-state index in [2.05, 4.69) is 0 Å². The predicted octanol–water partition coefficient (Wildman–Crippen LogP) is 3.08. The van der Waals surface area contributed by atoms with Gasteiger partial charge in [-0.25, -0.2) is 0 Å². The number of allylic oxidation sites excluding steroid dienone is 1. The molecule has 96 valence electrons. The highest BCUT2D eigenvalue weighted by Gasteiger charge is 2.01. The van der Waals surface area contributed by atoms with Crippen molar-refractivity contribution in [1.29, 1.82) is 0 Å². The monoisotopic (exact) mass is 251 g/mol. The van der Waals surface area contributed by atoms with Crippen LogP contribution in [-0.4, -0.2) is 12.3 Å². The van der Waals surface area contributed by atoms with E-state index in [0.717, 1.165) is 17.5 Å². The van der Waals surface area contributed by atoms with E-state index in [1.165, 1.54) is 0 Å². The number of hydrogen-bond acceptors (Lipinski definition) is 2. The largest absolute Gasteiger partial charge is 0.330 e. The summed E-state index contributed by atoms with van der Waals surface area (Å²) in [5.74, 6) is 0.0168. The van der Waals surface area contributed by atoms with Gasteiger partial charge in [-0.2, -0.15) is 0 Å². The van der Waals surface area contributed by atoms with Gasteiger partial charge in [-0.3, -0.25) is 4.79 Å². The maximum Gasteiger partial charge on any atom is 0.185 e. The average Bonchev–Trinajstić information content (AvgIpc) is 2.47. The van der Waals surface area contributed by atoms with Crippen LogP contribution >= 0.6 is 0 Å². The van der Waals surface area contributed by atoms with Crippen molar-refractivity contribution in [2.45, 2.75) is 6.42 Å². The zero-order valence-electron chi connectivity index (χ0n) is 10.8. The first kappa shape index (κ1) is 13.2. The third-order valence-corrected chi connectivity index (χ3v) is 2.90. The fourth-order valence-electron chi connectivity index (χ4n) is 1.83. The van der Waals surface area contributed by atoms with Gasteiger partial charge in [0.2, 0.25) is 0 Å². The Morgan fingerprint density at radius 1 is 1.00 bits per heavy atom. The first-order chi connectivity index (χ1) is 9.29. The number of nitrogens with two attached hydrogens (primary N) is 1. The van der Waals surface area contributed by atoms with Crippen molar-refractivity contribution in [3.63, 3.8) is 0 Å². The molecule has 0 spiro atoms. The summed E-state index contributed by atoms with van der Waals surface area (Å²) in [6, 6.07) is 17.4. The number of ketones is 1. The summed E-state index contributed by atoms with van der Waals surface area (Å²) >= 11 is 0. The summed E-state index contributed by atoms with van der Waals surface area (Å²) in [6.07, 6.45) is 4.28. The molecule has 2 aromatic rings. The number of carbonyl (C=O) groups is 1. The molecule has 0 fully saturated rings. The molecule has 0 aliphatic rings. The molecule has 0 aliphatic heterocycles. The molecule has 2 heteroatoms. The van der Waals surface area contributed by atoms with Crippen LogP contribution < -0.4 is 5.73 Å². The van der Waals surface area contributed by atoms with Crippen molar-refractivity contribution >= 4 is 11.9 Å². The van der Waals surface area contributed by atoms with Crippen molar-refractivity contribution in [3.05, 3.63) is 77.4 Å². The lowest BCUT2D eigenvalue weighted by molar-refractivity contribution is 0.104. The Bertz CT molecular complexity index is 556. The van der Waals surface area contributed by atoms with Crippen molar-refractivity contribution in [1.82, 2.24) is 0 Å². The van der Waals surface area contributed by atoms with Gasteiger partial charge in [0.1, 0.15) is 0 Å². The molecule has 2 nitrogen and oxygen atoms in total. The van der Waals surface area contributed by atoms with Crippen LogP contribution in [0.4, 0.5) is 0 Å². The number of hydrogen-bond donors (Lipinski definition) is 1. The van der Waals surface area contributed by atoms with Gasteiger partial charge in [-0.05, 0) is 30.2 Å². The molecule has 0 bridgehead atoms. The summed E-state index contributed by atoms with van der Waals surface area (Å²) < 4.78 is 0. The summed E-state index contributed by atoms with van der Waals surface area (Å²) in [7, 11) is 0. The fraction of sp³-hybridized carbons (Fsp3) is 0.118. The van der Waals surface area contributed by atoms with Gasteiger partial charge in [-0.1, -0.05) is 60.7 Å². The summed E-state index contributed by atoms with van der Waals surface area (Å²) in [5.41, 5.74) is 8.38. The lowest BCUT2D eigenvalue weighted by atomic mass is 10.1. The topological polar surface area (TPSA) is 43.1 Å². The average molecular weight is 251 g/mol. The molecule has 0 radical (unpaired) electrons. The van der Waals surface area contributed by atoms with E-state index in [1.54, 1.807) is 6.08 Å². The second-order valence-corrected chi connectivity index (χ2v) is 4.34. The van der Waals surface area contributed by atoms with E-state index in [1.807, 2.05) is 60.7 Å². The Hall–Kier alpha value is -2.19. The van der Waals surface area contributed by atoms with Crippen LogP contribution in [0.2, 0.25) is 0 Å². The molecule has 2 aromatic carbocycles. The molecule has 0 saturated heterocycles. The lowest BCUT2D eigenvalue weighted by Gasteiger charge is -2.00. The Morgan fingerprint density at radius 3 is 2.32 bits per heavy atom. The maximum absolute atomic E-state index is 12.0. The van der Waals surface area contributed by atoms with E-state index in [-0.39, 0.29) is 5.78 Å². The minimum Gasteiger partial charge on any atom is -0.330 e. The Kier molecular flexibility index (Phi) is 4.65. The summed E-state index contributed by atoms with van der Waals surface area (Å²) in [6.45, 7) is 0.626.